The molecule has 2 aromatic carbocycles. The summed E-state index contributed by atoms with van der Waals surface area (Å²) < 4.78 is 11.8. The average molecular weight is 460 g/mol. The van der Waals surface area contributed by atoms with Crippen molar-refractivity contribution < 1.29 is 14.3 Å². The van der Waals surface area contributed by atoms with Crippen LogP contribution in [-0.2, 0) is 4.79 Å². The van der Waals surface area contributed by atoms with Crippen molar-refractivity contribution in [1.29, 1.82) is 0 Å². The first-order valence-corrected chi connectivity index (χ1v) is 11.0. The van der Waals surface area contributed by atoms with E-state index in [1.165, 1.54) is 11.8 Å². The summed E-state index contributed by atoms with van der Waals surface area (Å²) in [5, 5.41) is 0.402. The molecule has 1 amide bonds. The third-order valence-corrected chi connectivity index (χ3v) is 6.10. The Balaban J connectivity index is 1.94. The van der Waals surface area contributed by atoms with Crippen LogP contribution in [0.5, 0.6) is 11.5 Å². The fourth-order valence-corrected chi connectivity index (χ4v) is 4.50. The van der Waals surface area contributed by atoms with E-state index in [0.29, 0.717) is 39.0 Å². The highest BCUT2D eigenvalue weighted by molar-refractivity contribution is 8.27. The van der Waals surface area contributed by atoms with Gasteiger partial charge in [-0.3, -0.25) is 9.69 Å². The maximum absolute atomic E-state index is 13.1. The minimum absolute atomic E-state index is 0.158. The van der Waals surface area contributed by atoms with Crippen molar-refractivity contribution in [3.05, 3.63) is 69.6 Å². The molecule has 1 saturated heterocycles. The van der Waals surface area contributed by atoms with Gasteiger partial charge in [0.1, 0.15) is 6.61 Å². The number of aryl methyl sites for hydroxylation is 2. The Morgan fingerprint density at radius 3 is 2.63 bits per heavy atom. The van der Waals surface area contributed by atoms with E-state index in [2.05, 4.69) is 6.58 Å². The number of anilines is 1. The summed E-state index contributed by atoms with van der Waals surface area (Å²) in [4.78, 5) is 15.2. The van der Waals surface area contributed by atoms with Gasteiger partial charge in [-0.15, -0.1) is 0 Å². The minimum Gasteiger partial charge on any atom is -0.490 e. The van der Waals surface area contributed by atoms with E-state index in [4.69, 9.17) is 33.3 Å². The predicted molar refractivity (Wildman–Crippen MR) is 130 cm³/mol. The van der Waals surface area contributed by atoms with Crippen molar-refractivity contribution in [3.63, 3.8) is 0 Å². The number of nitrogens with zero attached hydrogens (tertiary/aromatic N) is 1. The third kappa shape index (κ3) is 4.72. The lowest BCUT2D eigenvalue weighted by Crippen LogP contribution is -2.27. The SMILES string of the molecule is C=CCOc1c(Cl)cc(/C=C2/SC(=S)N(c3ccc(C)c(C)c3)C2=O)cc1OCC. The molecule has 0 spiro atoms. The number of carbonyl (C=O) groups is 1. The van der Waals surface area contributed by atoms with Crippen molar-refractivity contribution in [3.8, 4) is 11.5 Å². The Morgan fingerprint density at radius 2 is 1.97 bits per heavy atom. The third-order valence-electron chi connectivity index (χ3n) is 4.52. The number of benzene rings is 2. The van der Waals surface area contributed by atoms with E-state index in [1.807, 2.05) is 39.0 Å². The predicted octanol–water partition coefficient (Wildman–Crippen LogP) is 6.33. The molecule has 1 aliphatic heterocycles. The largest absolute Gasteiger partial charge is 0.490 e. The molecule has 0 aliphatic carbocycles. The number of carbonyl (C=O) groups excluding carboxylic acids is 1. The summed E-state index contributed by atoms with van der Waals surface area (Å²) in [5.74, 6) is 0.815. The Hall–Kier alpha value is -2.28. The normalized spacial score (nSPS) is 15.1. The van der Waals surface area contributed by atoms with Crippen LogP contribution in [0.15, 0.2) is 47.9 Å². The van der Waals surface area contributed by atoms with Gasteiger partial charge in [0.15, 0.2) is 15.8 Å². The van der Waals surface area contributed by atoms with Crippen molar-refractivity contribution >= 4 is 57.6 Å². The Morgan fingerprint density at radius 1 is 1.20 bits per heavy atom. The van der Waals surface area contributed by atoms with E-state index < -0.39 is 0 Å². The van der Waals surface area contributed by atoms with Crippen LogP contribution in [0.25, 0.3) is 6.08 Å². The lowest BCUT2D eigenvalue weighted by molar-refractivity contribution is -0.113. The highest BCUT2D eigenvalue weighted by Crippen LogP contribution is 2.40. The zero-order valence-electron chi connectivity index (χ0n) is 17.0. The van der Waals surface area contributed by atoms with Crippen LogP contribution in [0.4, 0.5) is 5.69 Å². The Kier molecular flexibility index (Phi) is 7.23. The average Bonchev–Trinajstić information content (AvgIpc) is 2.97. The van der Waals surface area contributed by atoms with Gasteiger partial charge in [-0.1, -0.05) is 54.3 Å². The highest BCUT2D eigenvalue weighted by Gasteiger charge is 2.33. The second-order valence-electron chi connectivity index (χ2n) is 6.65. The maximum atomic E-state index is 13.1. The standard InChI is InChI=1S/C23H22ClNO3S2/c1-5-9-28-21-18(24)11-16(12-19(21)27-6-2)13-20-22(26)25(23(29)30-20)17-8-7-14(3)15(4)10-17/h5,7-8,10-13H,1,6,9H2,2-4H3/b20-13+. The van der Waals surface area contributed by atoms with Gasteiger partial charge in [0.2, 0.25) is 0 Å². The van der Waals surface area contributed by atoms with Gasteiger partial charge in [0.05, 0.1) is 22.2 Å². The topological polar surface area (TPSA) is 38.8 Å². The fourth-order valence-electron chi connectivity index (χ4n) is 2.92. The summed E-state index contributed by atoms with van der Waals surface area (Å²) in [6.45, 7) is 10.3. The molecule has 30 heavy (non-hydrogen) atoms. The molecule has 156 valence electrons. The van der Waals surface area contributed by atoms with Crippen LogP contribution in [0.3, 0.4) is 0 Å². The number of thioether (sulfide) groups is 1. The van der Waals surface area contributed by atoms with Gasteiger partial charge in [0, 0.05) is 0 Å². The molecule has 2 aromatic rings. The van der Waals surface area contributed by atoms with Crippen LogP contribution in [-0.4, -0.2) is 23.4 Å². The van der Waals surface area contributed by atoms with Gasteiger partial charge in [-0.25, -0.2) is 0 Å². The molecule has 0 saturated carbocycles. The number of hydrogen-bond acceptors (Lipinski definition) is 5. The molecule has 0 radical (unpaired) electrons. The maximum Gasteiger partial charge on any atom is 0.270 e. The highest BCUT2D eigenvalue weighted by atomic mass is 35.5. The molecule has 0 unspecified atom stereocenters. The zero-order valence-corrected chi connectivity index (χ0v) is 19.4. The number of ether oxygens (including phenoxy) is 2. The first-order chi connectivity index (χ1) is 14.3. The zero-order chi connectivity index (χ0) is 21.8. The van der Waals surface area contributed by atoms with Crippen LogP contribution in [0.2, 0.25) is 5.02 Å². The molecule has 3 rings (SSSR count). The molecule has 0 bridgehead atoms. The van der Waals surface area contributed by atoms with Crippen molar-refractivity contribution in [1.82, 2.24) is 0 Å². The summed E-state index contributed by atoms with van der Waals surface area (Å²) >= 11 is 13.2. The molecule has 1 fully saturated rings. The Bertz CT molecular complexity index is 1050. The molecule has 1 aliphatic rings. The lowest BCUT2D eigenvalue weighted by Gasteiger charge is -2.16. The summed E-state index contributed by atoms with van der Waals surface area (Å²) in [5.41, 5.74) is 3.77. The number of halogens is 1. The summed E-state index contributed by atoms with van der Waals surface area (Å²) in [6.07, 6.45) is 3.41. The van der Waals surface area contributed by atoms with Gasteiger partial charge >= 0.3 is 0 Å². The van der Waals surface area contributed by atoms with Gasteiger partial charge < -0.3 is 9.47 Å². The van der Waals surface area contributed by atoms with Gasteiger partial charge in [-0.2, -0.15) is 0 Å². The molecule has 0 N–H and O–H groups in total. The lowest BCUT2D eigenvalue weighted by atomic mass is 10.1. The first-order valence-electron chi connectivity index (χ1n) is 9.41. The van der Waals surface area contributed by atoms with E-state index in [9.17, 15) is 4.79 Å². The van der Waals surface area contributed by atoms with Crippen molar-refractivity contribution in [2.45, 2.75) is 20.8 Å². The second-order valence-corrected chi connectivity index (χ2v) is 8.73. The molecular formula is C23H22ClNO3S2. The molecule has 4 nitrogen and oxygen atoms in total. The van der Waals surface area contributed by atoms with Gasteiger partial charge in [-0.05, 0) is 67.8 Å². The van der Waals surface area contributed by atoms with Crippen LogP contribution < -0.4 is 14.4 Å². The molecule has 0 atom stereocenters. The van der Waals surface area contributed by atoms with E-state index in [1.54, 1.807) is 29.2 Å². The number of thiocarbonyl (C=S) groups is 1. The van der Waals surface area contributed by atoms with Crippen LogP contribution >= 0.6 is 35.6 Å². The number of amides is 1. The molecular weight excluding hydrogens is 438 g/mol. The summed E-state index contributed by atoms with van der Waals surface area (Å²) in [7, 11) is 0. The van der Waals surface area contributed by atoms with Crippen LogP contribution in [0.1, 0.15) is 23.6 Å². The first kappa shape index (κ1) is 22.4. The van der Waals surface area contributed by atoms with E-state index >= 15 is 0 Å². The molecule has 0 aromatic heterocycles. The fraction of sp³-hybridized carbons (Fsp3) is 0.217. The Labute approximate surface area is 191 Å². The second kappa shape index (κ2) is 9.69. The monoisotopic (exact) mass is 459 g/mol. The van der Waals surface area contributed by atoms with E-state index in [0.717, 1.165) is 22.4 Å². The van der Waals surface area contributed by atoms with E-state index in [-0.39, 0.29) is 5.91 Å². The summed E-state index contributed by atoms with van der Waals surface area (Å²) in [6, 6.07) is 9.41. The number of rotatable bonds is 7. The van der Waals surface area contributed by atoms with Crippen LogP contribution in [0, 0.1) is 13.8 Å². The quantitative estimate of drug-likeness (QED) is 0.275. The van der Waals surface area contributed by atoms with Crippen molar-refractivity contribution in [2.24, 2.45) is 0 Å². The molecule has 1 heterocycles. The van der Waals surface area contributed by atoms with Crippen molar-refractivity contribution in [2.75, 3.05) is 18.1 Å². The molecule has 7 heteroatoms. The smallest absolute Gasteiger partial charge is 0.270 e. The number of hydrogen-bond donors (Lipinski definition) is 0. The van der Waals surface area contributed by atoms with Gasteiger partial charge in [0.25, 0.3) is 5.91 Å². The minimum atomic E-state index is -0.158.